The minimum absolute atomic E-state index is 0.304. The Hall–Kier alpha value is -0.970. The molecule has 0 aromatic heterocycles. The smallest absolute Gasteiger partial charge is 0.304 e. The SMILES string of the molecule is C#C[C@@](C)(CCC[C@H](C)CCC)OC(C)=O. The Balaban J connectivity index is 3.96. The van der Waals surface area contributed by atoms with Crippen molar-refractivity contribution in [1.29, 1.82) is 0 Å². The second-order valence-corrected chi connectivity index (χ2v) is 4.75. The van der Waals surface area contributed by atoms with Crippen LogP contribution in [0.1, 0.15) is 59.8 Å². The zero-order chi connectivity index (χ0) is 12.6. The van der Waals surface area contributed by atoms with E-state index in [2.05, 4.69) is 19.8 Å². The van der Waals surface area contributed by atoms with Crippen molar-refractivity contribution in [2.45, 2.75) is 65.4 Å². The summed E-state index contributed by atoms with van der Waals surface area (Å²) in [6.07, 6.45) is 10.8. The van der Waals surface area contributed by atoms with Gasteiger partial charge in [-0.15, -0.1) is 6.42 Å². The first-order valence-electron chi connectivity index (χ1n) is 6.11. The average molecular weight is 224 g/mol. The Kier molecular flexibility index (Phi) is 6.88. The van der Waals surface area contributed by atoms with Gasteiger partial charge in [0.25, 0.3) is 0 Å². The first-order valence-corrected chi connectivity index (χ1v) is 6.11. The zero-order valence-electron chi connectivity index (χ0n) is 11.0. The summed E-state index contributed by atoms with van der Waals surface area (Å²) in [6.45, 7) is 7.65. The van der Waals surface area contributed by atoms with Gasteiger partial charge in [-0.05, 0) is 25.7 Å². The van der Waals surface area contributed by atoms with E-state index >= 15 is 0 Å². The van der Waals surface area contributed by atoms with Crippen LogP contribution in [0.15, 0.2) is 0 Å². The molecule has 2 nitrogen and oxygen atoms in total. The predicted octanol–water partition coefficient (Wildman–Crippen LogP) is 3.55. The van der Waals surface area contributed by atoms with Gasteiger partial charge in [0, 0.05) is 6.92 Å². The Bertz CT molecular complexity index is 252. The van der Waals surface area contributed by atoms with E-state index in [0.717, 1.165) is 25.2 Å². The van der Waals surface area contributed by atoms with Gasteiger partial charge in [-0.1, -0.05) is 39.0 Å². The molecule has 0 aromatic carbocycles. The molecular weight excluding hydrogens is 200 g/mol. The molecule has 92 valence electrons. The summed E-state index contributed by atoms with van der Waals surface area (Å²) < 4.78 is 5.15. The van der Waals surface area contributed by atoms with Crippen LogP contribution in [-0.4, -0.2) is 11.6 Å². The number of rotatable bonds is 7. The summed E-state index contributed by atoms with van der Waals surface area (Å²) in [5.41, 5.74) is -0.724. The van der Waals surface area contributed by atoms with Crippen molar-refractivity contribution < 1.29 is 9.53 Å². The molecular formula is C14H24O2. The van der Waals surface area contributed by atoms with E-state index in [1.165, 1.54) is 19.8 Å². The van der Waals surface area contributed by atoms with Crippen LogP contribution in [0, 0.1) is 18.3 Å². The minimum Gasteiger partial charge on any atom is -0.446 e. The van der Waals surface area contributed by atoms with E-state index < -0.39 is 5.60 Å². The van der Waals surface area contributed by atoms with Crippen LogP contribution in [-0.2, 0) is 9.53 Å². The summed E-state index contributed by atoms with van der Waals surface area (Å²) in [6, 6.07) is 0. The molecule has 2 heteroatoms. The lowest BCUT2D eigenvalue weighted by molar-refractivity contribution is -0.150. The van der Waals surface area contributed by atoms with Gasteiger partial charge < -0.3 is 4.74 Å². The minimum atomic E-state index is -0.724. The van der Waals surface area contributed by atoms with Crippen LogP contribution in [0.5, 0.6) is 0 Å². The second-order valence-electron chi connectivity index (χ2n) is 4.75. The van der Waals surface area contributed by atoms with Crippen molar-refractivity contribution in [3.63, 3.8) is 0 Å². The van der Waals surface area contributed by atoms with Crippen molar-refractivity contribution in [3.8, 4) is 12.3 Å². The van der Waals surface area contributed by atoms with E-state index in [4.69, 9.17) is 11.2 Å². The van der Waals surface area contributed by atoms with Gasteiger partial charge in [-0.3, -0.25) is 4.79 Å². The fourth-order valence-electron chi connectivity index (χ4n) is 1.89. The largest absolute Gasteiger partial charge is 0.446 e. The van der Waals surface area contributed by atoms with E-state index in [9.17, 15) is 4.79 Å². The summed E-state index contributed by atoms with van der Waals surface area (Å²) in [5, 5.41) is 0. The lowest BCUT2D eigenvalue weighted by Gasteiger charge is -2.23. The number of carbonyl (C=O) groups is 1. The highest BCUT2D eigenvalue weighted by Gasteiger charge is 2.24. The van der Waals surface area contributed by atoms with Gasteiger partial charge in [-0.2, -0.15) is 0 Å². The summed E-state index contributed by atoms with van der Waals surface area (Å²) in [4.78, 5) is 10.9. The third kappa shape index (κ3) is 6.50. The Labute approximate surface area is 99.8 Å². The number of hydrogen-bond acceptors (Lipinski definition) is 2. The second kappa shape index (κ2) is 7.33. The van der Waals surface area contributed by atoms with Gasteiger partial charge in [0.2, 0.25) is 0 Å². The maximum Gasteiger partial charge on any atom is 0.304 e. The molecule has 0 spiro atoms. The summed E-state index contributed by atoms with van der Waals surface area (Å²) >= 11 is 0. The highest BCUT2D eigenvalue weighted by molar-refractivity contribution is 5.67. The van der Waals surface area contributed by atoms with Crippen molar-refractivity contribution in [2.75, 3.05) is 0 Å². The van der Waals surface area contributed by atoms with Crippen LogP contribution in [0.25, 0.3) is 0 Å². The lowest BCUT2D eigenvalue weighted by atomic mass is 9.94. The fourth-order valence-corrected chi connectivity index (χ4v) is 1.89. The highest BCUT2D eigenvalue weighted by atomic mass is 16.6. The normalized spacial score (nSPS) is 15.9. The molecule has 0 amide bonds. The molecule has 0 aromatic rings. The zero-order valence-corrected chi connectivity index (χ0v) is 11.0. The monoisotopic (exact) mass is 224 g/mol. The number of terminal acetylenes is 1. The molecule has 0 radical (unpaired) electrons. The maximum absolute atomic E-state index is 10.9. The van der Waals surface area contributed by atoms with Gasteiger partial charge in [0.15, 0.2) is 5.60 Å². The Morgan fingerprint density at radius 1 is 1.50 bits per heavy atom. The highest BCUT2D eigenvalue weighted by Crippen LogP contribution is 2.21. The van der Waals surface area contributed by atoms with Gasteiger partial charge in [-0.25, -0.2) is 0 Å². The van der Waals surface area contributed by atoms with Crippen LogP contribution in [0.4, 0.5) is 0 Å². The van der Waals surface area contributed by atoms with Crippen LogP contribution >= 0.6 is 0 Å². The topological polar surface area (TPSA) is 26.3 Å². The summed E-state index contributed by atoms with van der Waals surface area (Å²) in [5.74, 6) is 3.00. The van der Waals surface area contributed by atoms with E-state index in [0.29, 0.717) is 0 Å². The number of esters is 1. The van der Waals surface area contributed by atoms with Crippen molar-refractivity contribution in [3.05, 3.63) is 0 Å². The molecule has 0 N–H and O–H groups in total. The molecule has 2 atom stereocenters. The molecule has 0 unspecified atom stereocenters. The average Bonchev–Trinajstić information content (AvgIpc) is 2.17. The molecule has 0 rings (SSSR count). The Morgan fingerprint density at radius 3 is 2.56 bits per heavy atom. The third-order valence-electron chi connectivity index (χ3n) is 2.81. The molecule has 0 fully saturated rings. The third-order valence-corrected chi connectivity index (χ3v) is 2.81. The Morgan fingerprint density at radius 2 is 2.12 bits per heavy atom. The number of ether oxygens (including phenoxy) is 1. The quantitative estimate of drug-likeness (QED) is 0.488. The molecule has 16 heavy (non-hydrogen) atoms. The van der Waals surface area contributed by atoms with Crippen LogP contribution in [0.3, 0.4) is 0 Å². The van der Waals surface area contributed by atoms with Crippen molar-refractivity contribution in [1.82, 2.24) is 0 Å². The molecule has 0 bridgehead atoms. The van der Waals surface area contributed by atoms with Crippen LogP contribution in [0.2, 0.25) is 0 Å². The molecule has 0 aliphatic carbocycles. The molecule has 0 aliphatic heterocycles. The molecule has 0 aliphatic rings. The maximum atomic E-state index is 10.9. The fraction of sp³-hybridized carbons (Fsp3) is 0.786. The van der Waals surface area contributed by atoms with Gasteiger partial charge in [0.1, 0.15) is 0 Å². The molecule has 0 heterocycles. The van der Waals surface area contributed by atoms with Crippen LogP contribution < -0.4 is 0 Å². The number of hydrogen-bond donors (Lipinski definition) is 0. The lowest BCUT2D eigenvalue weighted by Crippen LogP contribution is -2.29. The van der Waals surface area contributed by atoms with E-state index in [-0.39, 0.29) is 5.97 Å². The van der Waals surface area contributed by atoms with Crippen molar-refractivity contribution in [2.24, 2.45) is 5.92 Å². The molecule has 0 saturated heterocycles. The molecule has 0 saturated carbocycles. The van der Waals surface area contributed by atoms with Gasteiger partial charge in [0.05, 0.1) is 0 Å². The number of carbonyl (C=O) groups excluding carboxylic acids is 1. The first kappa shape index (κ1) is 15.0. The van der Waals surface area contributed by atoms with E-state index in [1.54, 1.807) is 6.92 Å². The van der Waals surface area contributed by atoms with Crippen molar-refractivity contribution >= 4 is 5.97 Å². The first-order chi connectivity index (χ1) is 7.43. The predicted molar refractivity (Wildman–Crippen MR) is 66.9 cm³/mol. The summed E-state index contributed by atoms with van der Waals surface area (Å²) in [7, 11) is 0. The van der Waals surface area contributed by atoms with E-state index in [1.807, 2.05) is 0 Å². The standard InChI is InChI=1S/C14H24O2/c1-6-9-12(3)10-8-11-14(5,7-2)16-13(4)15/h2,12H,6,8-11H2,1,3-5H3/t12-,14+/m1/s1. The van der Waals surface area contributed by atoms with Gasteiger partial charge >= 0.3 is 5.97 Å².